The van der Waals surface area contributed by atoms with E-state index in [1.54, 1.807) is 0 Å². The van der Waals surface area contributed by atoms with Crippen LogP contribution in [0.25, 0.3) is 0 Å². The predicted octanol–water partition coefficient (Wildman–Crippen LogP) is 10.3. The van der Waals surface area contributed by atoms with E-state index in [1.165, 1.54) is 0 Å². The molecule has 4 aromatic rings. The molecule has 6 heteroatoms. The van der Waals surface area contributed by atoms with E-state index >= 15 is 0 Å². The molecule has 0 saturated carbocycles. The van der Waals surface area contributed by atoms with E-state index in [0.717, 1.165) is 44.5 Å². The van der Waals surface area contributed by atoms with Crippen LogP contribution < -0.4 is 4.52 Å². The molecule has 3 atom stereocenters. The zero-order chi connectivity index (χ0) is 31.9. The summed E-state index contributed by atoms with van der Waals surface area (Å²) in [7, 11) is -4.08. The summed E-state index contributed by atoms with van der Waals surface area (Å²) in [6.07, 6.45) is -0.133. The Bertz CT molecular complexity index is 1670. The molecule has 1 aliphatic heterocycles. The van der Waals surface area contributed by atoms with Crippen LogP contribution in [0.3, 0.4) is 0 Å². The summed E-state index contributed by atoms with van der Waals surface area (Å²) in [5.41, 5.74) is 6.92. The van der Waals surface area contributed by atoms with Gasteiger partial charge in [-0.3, -0.25) is 9.05 Å². The topological polar surface area (TPSA) is 65.0 Å². The van der Waals surface area contributed by atoms with Gasteiger partial charge in [0, 0.05) is 17.9 Å². The van der Waals surface area contributed by atoms with Crippen molar-refractivity contribution in [2.45, 2.75) is 84.7 Å². The summed E-state index contributed by atoms with van der Waals surface area (Å²) in [5, 5.41) is 11.4. The van der Waals surface area contributed by atoms with Crippen molar-refractivity contribution in [1.82, 2.24) is 0 Å². The predicted molar refractivity (Wildman–Crippen MR) is 178 cm³/mol. The minimum atomic E-state index is -4.08. The van der Waals surface area contributed by atoms with Gasteiger partial charge in [0.2, 0.25) is 0 Å². The molecule has 0 aliphatic carbocycles. The Morgan fingerprint density at radius 2 is 1.30 bits per heavy atom. The van der Waals surface area contributed by atoms with Gasteiger partial charge in [-0.2, -0.15) is 0 Å². The van der Waals surface area contributed by atoms with Gasteiger partial charge in [-0.1, -0.05) is 138 Å². The van der Waals surface area contributed by atoms with Crippen molar-refractivity contribution in [2.24, 2.45) is 0 Å². The van der Waals surface area contributed by atoms with E-state index < -0.39 is 13.9 Å². The van der Waals surface area contributed by atoms with Gasteiger partial charge in [0.05, 0.1) is 6.61 Å². The lowest BCUT2D eigenvalue weighted by Crippen LogP contribution is -2.26. The van der Waals surface area contributed by atoms with Crippen LogP contribution in [0.4, 0.5) is 0 Å². The van der Waals surface area contributed by atoms with Crippen molar-refractivity contribution in [3.63, 3.8) is 0 Å². The monoisotopic (exact) mass is 612 g/mol. The molecule has 0 bridgehead atoms. The minimum absolute atomic E-state index is 0.163. The van der Waals surface area contributed by atoms with E-state index in [4.69, 9.17) is 13.6 Å². The molecule has 44 heavy (non-hydrogen) atoms. The summed E-state index contributed by atoms with van der Waals surface area (Å²) in [6, 6.07) is 28.1. The van der Waals surface area contributed by atoms with E-state index in [0.29, 0.717) is 12.2 Å². The third kappa shape index (κ3) is 6.96. The lowest BCUT2D eigenvalue weighted by Gasteiger charge is -2.36. The van der Waals surface area contributed by atoms with Crippen molar-refractivity contribution in [3.8, 4) is 11.5 Å². The first-order valence-electron chi connectivity index (χ1n) is 15.3. The average Bonchev–Trinajstić information content (AvgIpc) is 2.95. The summed E-state index contributed by atoms with van der Waals surface area (Å²) in [4.78, 5) is 0. The van der Waals surface area contributed by atoms with Gasteiger partial charge < -0.3 is 9.63 Å². The highest BCUT2D eigenvalue weighted by Gasteiger charge is 2.44. The molecule has 1 N–H and O–H groups in total. The van der Waals surface area contributed by atoms with Crippen LogP contribution in [-0.2, 0) is 30.9 Å². The number of hydrogen-bond acceptors (Lipinski definition) is 5. The van der Waals surface area contributed by atoms with Crippen LogP contribution in [0.1, 0.15) is 98.1 Å². The fourth-order valence-corrected chi connectivity index (χ4v) is 7.46. The maximum absolute atomic E-state index is 14.5. The first kappa shape index (κ1) is 32.0. The molecule has 1 aliphatic rings. The highest BCUT2D eigenvalue weighted by Crippen LogP contribution is 2.61. The molecule has 5 rings (SSSR count). The standard InChI is InChI=1S/C38H45O5P/c1-25-19-29(34(39)32(21-25)37(3,4)5)23-30-20-26(2)22-33(38(6,7)8)36(30)43-44(40)41-24-31(27-15-11-9-12-16-27)35(42-44)28-17-13-10-14-18-28/h9-22,31,35,39H,23-24H2,1-8H3. The Morgan fingerprint density at radius 1 is 0.773 bits per heavy atom. The second-order valence-electron chi connectivity index (χ2n) is 14.1. The molecule has 3 unspecified atom stereocenters. The molecular weight excluding hydrogens is 567 g/mol. The van der Waals surface area contributed by atoms with Gasteiger partial charge in [-0.25, -0.2) is 4.57 Å². The molecule has 1 fully saturated rings. The molecule has 0 amide bonds. The van der Waals surface area contributed by atoms with Gasteiger partial charge in [0.25, 0.3) is 0 Å². The first-order chi connectivity index (χ1) is 20.6. The average molecular weight is 613 g/mol. The zero-order valence-corrected chi connectivity index (χ0v) is 28.1. The van der Waals surface area contributed by atoms with Gasteiger partial charge in [-0.05, 0) is 52.5 Å². The van der Waals surface area contributed by atoms with Crippen LogP contribution >= 0.6 is 7.82 Å². The summed E-state index contributed by atoms with van der Waals surface area (Å²) in [6.45, 7) is 16.9. The van der Waals surface area contributed by atoms with E-state index in [2.05, 4.69) is 47.6 Å². The number of aryl methyl sites for hydroxylation is 2. The molecule has 4 aromatic carbocycles. The Labute approximate surface area is 262 Å². The van der Waals surface area contributed by atoms with Crippen molar-refractivity contribution in [2.75, 3.05) is 6.61 Å². The number of aromatic hydroxyl groups is 1. The maximum Gasteiger partial charge on any atom is 0.530 e. The van der Waals surface area contributed by atoms with Crippen LogP contribution in [0, 0.1) is 13.8 Å². The van der Waals surface area contributed by atoms with Crippen LogP contribution in [-0.4, -0.2) is 11.7 Å². The zero-order valence-electron chi connectivity index (χ0n) is 27.2. The fourth-order valence-electron chi connectivity index (χ4n) is 5.98. The third-order valence-electron chi connectivity index (χ3n) is 8.22. The molecule has 1 heterocycles. The summed E-state index contributed by atoms with van der Waals surface area (Å²) >= 11 is 0. The lowest BCUT2D eigenvalue weighted by molar-refractivity contribution is 0.0311. The fraction of sp³-hybridized carbons (Fsp3) is 0.368. The SMILES string of the molecule is Cc1cc(Cc2cc(C)cc(C(C)(C)C)c2OP2(=O)OCC(c3ccccc3)C(c3ccccc3)O2)c(O)c(C(C)(C)C)c1. The third-order valence-corrected chi connectivity index (χ3v) is 9.58. The molecule has 0 aromatic heterocycles. The van der Waals surface area contributed by atoms with Crippen LogP contribution in [0.5, 0.6) is 11.5 Å². The van der Waals surface area contributed by atoms with Crippen LogP contribution in [0.15, 0.2) is 84.9 Å². The lowest BCUT2D eigenvalue weighted by atomic mass is 9.81. The molecule has 5 nitrogen and oxygen atoms in total. The van der Waals surface area contributed by atoms with Crippen LogP contribution in [0.2, 0.25) is 0 Å². The number of phenols is 1. The van der Waals surface area contributed by atoms with Gasteiger partial charge in [0.15, 0.2) is 0 Å². The smallest absolute Gasteiger partial charge is 0.507 e. The Morgan fingerprint density at radius 3 is 1.86 bits per heavy atom. The molecular formula is C38H45O5P. The second kappa shape index (κ2) is 12.2. The molecule has 0 spiro atoms. The minimum Gasteiger partial charge on any atom is -0.507 e. The van der Waals surface area contributed by atoms with Gasteiger partial charge in [-0.15, -0.1) is 0 Å². The van der Waals surface area contributed by atoms with Gasteiger partial charge in [0.1, 0.15) is 17.6 Å². The molecule has 0 radical (unpaired) electrons. The second-order valence-corrected chi connectivity index (χ2v) is 15.6. The van der Waals surface area contributed by atoms with Crippen molar-refractivity contribution in [3.05, 3.63) is 129 Å². The Balaban J connectivity index is 1.58. The number of phosphoric ester groups is 1. The summed E-state index contributed by atoms with van der Waals surface area (Å²) in [5.74, 6) is 0.595. The highest BCUT2D eigenvalue weighted by molar-refractivity contribution is 7.49. The largest absolute Gasteiger partial charge is 0.530 e. The van der Waals surface area contributed by atoms with E-state index in [1.807, 2.05) is 92.7 Å². The quantitative estimate of drug-likeness (QED) is 0.220. The number of phosphoric acid groups is 1. The normalized spacial score (nSPS) is 20.8. The van der Waals surface area contributed by atoms with E-state index in [-0.39, 0.29) is 29.1 Å². The number of rotatable bonds is 6. The van der Waals surface area contributed by atoms with E-state index in [9.17, 15) is 9.67 Å². The Kier molecular flexibility index (Phi) is 8.88. The van der Waals surface area contributed by atoms with Crippen molar-refractivity contribution in [1.29, 1.82) is 0 Å². The number of hydrogen-bond donors (Lipinski definition) is 1. The Hall–Kier alpha value is -3.37. The highest BCUT2D eigenvalue weighted by atomic mass is 31.2. The summed E-state index contributed by atoms with van der Waals surface area (Å²) < 4.78 is 33.5. The van der Waals surface area contributed by atoms with Crippen molar-refractivity contribution >= 4 is 7.82 Å². The molecule has 232 valence electrons. The maximum atomic E-state index is 14.5. The number of phenolic OH excluding ortho intramolecular Hbond substituents is 1. The van der Waals surface area contributed by atoms with Gasteiger partial charge >= 0.3 is 7.82 Å². The molecule has 1 saturated heterocycles. The van der Waals surface area contributed by atoms with Crippen molar-refractivity contribution < 1.29 is 23.2 Å². The first-order valence-corrected chi connectivity index (χ1v) is 16.8. The number of benzene rings is 4.